The molecule has 0 unspecified atom stereocenters. The first-order chi connectivity index (χ1) is 8.22. The number of nitrogens with zero attached hydrogens (tertiary/aromatic N) is 2. The highest BCUT2D eigenvalue weighted by Gasteiger charge is 2.07. The van der Waals surface area contributed by atoms with Gasteiger partial charge in [-0.05, 0) is 24.3 Å². The lowest BCUT2D eigenvalue weighted by molar-refractivity contribution is 0.473. The number of hydrogen-bond donors (Lipinski definition) is 1. The Kier molecular flexibility index (Phi) is 3.99. The number of halogens is 2. The van der Waals surface area contributed by atoms with Gasteiger partial charge in [0.25, 0.3) is 0 Å². The molecule has 2 aromatic heterocycles. The van der Waals surface area contributed by atoms with E-state index in [2.05, 4.69) is 25.9 Å². The first-order valence-electron chi connectivity index (χ1n) is 4.93. The molecule has 0 saturated heterocycles. The normalized spacial score (nSPS) is 10.3. The van der Waals surface area contributed by atoms with Crippen LogP contribution in [0.1, 0.15) is 0 Å². The van der Waals surface area contributed by atoms with E-state index >= 15 is 0 Å². The molecule has 0 spiro atoms. The lowest BCUT2D eigenvalue weighted by Gasteiger charge is -1.95. The molecule has 1 aromatic carbocycles. The Hall–Kier alpha value is -0.980. The molecular formula is C12H8Br2N2OS. The van der Waals surface area contributed by atoms with Crippen molar-refractivity contribution in [2.75, 3.05) is 0 Å². The predicted molar refractivity (Wildman–Crippen MR) is 82.5 cm³/mol. The molecule has 6 heteroatoms. The maximum atomic E-state index is 9.40. The molecule has 0 atom stereocenters. The lowest BCUT2D eigenvalue weighted by atomic mass is 10.3. The largest absolute Gasteiger partial charge is 0.506 e. The smallest absolute Gasteiger partial charge is 0.134 e. The molecule has 1 N–H and O–H groups in total. The van der Waals surface area contributed by atoms with Crippen LogP contribution in [0.25, 0.3) is 20.8 Å². The van der Waals surface area contributed by atoms with E-state index in [9.17, 15) is 5.11 Å². The van der Waals surface area contributed by atoms with Crippen LogP contribution >= 0.6 is 44.2 Å². The summed E-state index contributed by atoms with van der Waals surface area (Å²) in [6, 6.07) is 7.66. The van der Waals surface area contributed by atoms with Crippen molar-refractivity contribution in [2.45, 2.75) is 0 Å². The van der Waals surface area contributed by atoms with Crippen molar-refractivity contribution >= 4 is 54.5 Å². The van der Waals surface area contributed by atoms with Crippen LogP contribution in [-0.4, -0.2) is 15.1 Å². The molecule has 0 saturated carbocycles. The molecule has 0 aliphatic heterocycles. The van der Waals surface area contributed by atoms with E-state index in [1.165, 1.54) is 6.20 Å². The van der Waals surface area contributed by atoms with Gasteiger partial charge in [-0.3, -0.25) is 4.98 Å². The topological polar surface area (TPSA) is 46.0 Å². The maximum Gasteiger partial charge on any atom is 0.134 e. The highest BCUT2D eigenvalue weighted by Crippen LogP contribution is 2.32. The van der Waals surface area contributed by atoms with E-state index in [0.717, 1.165) is 25.3 Å². The molecule has 0 radical (unpaired) electrons. The van der Waals surface area contributed by atoms with Crippen LogP contribution in [-0.2, 0) is 0 Å². The zero-order valence-electron chi connectivity index (χ0n) is 9.00. The molecule has 3 rings (SSSR count). The van der Waals surface area contributed by atoms with Crippen molar-refractivity contribution in [2.24, 2.45) is 0 Å². The molecule has 18 heavy (non-hydrogen) atoms. The summed E-state index contributed by atoms with van der Waals surface area (Å²) in [5.74, 6) is 0.155. The highest BCUT2D eigenvalue weighted by molar-refractivity contribution is 9.10. The molecule has 0 aliphatic carbocycles. The van der Waals surface area contributed by atoms with Crippen molar-refractivity contribution in [1.82, 2.24) is 9.97 Å². The first-order valence-corrected chi connectivity index (χ1v) is 6.54. The molecule has 3 nitrogen and oxygen atoms in total. The van der Waals surface area contributed by atoms with E-state index in [1.807, 2.05) is 18.2 Å². The summed E-state index contributed by atoms with van der Waals surface area (Å²) in [5, 5.41) is 10.3. The fourth-order valence-corrected chi connectivity index (χ4v) is 2.84. The van der Waals surface area contributed by atoms with Gasteiger partial charge >= 0.3 is 0 Å². The van der Waals surface area contributed by atoms with E-state index in [0.29, 0.717) is 0 Å². The van der Waals surface area contributed by atoms with Gasteiger partial charge < -0.3 is 5.11 Å². The molecule has 0 fully saturated rings. The zero-order chi connectivity index (χ0) is 11.8. The van der Waals surface area contributed by atoms with Gasteiger partial charge in [0.1, 0.15) is 10.8 Å². The molecule has 0 bridgehead atoms. The minimum atomic E-state index is 0. The monoisotopic (exact) mass is 386 g/mol. The third kappa shape index (κ3) is 2.55. The van der Waals surface area contributed by atoms with Crippen LogP contribution in [0.4, 0.5) is 0 Å². The Balaban J connectivity index is 0.00000120. The van der Waals surface area contributed by atoms with E-state index in [4.69, 9.17) is 0 Å². The Morgan fingerprint density at radius 1 is 1.17 bits per heavy atom. The number of fused-ring (bicyclic) bond motifs is 1. The molecule has 92 valence electrons. The molecule has 2 heterocycles. The third-order valence-corrected chi connectivity index (χ3v) is 3.90. The fourth-order valence-electron chi connectivity index (χ4n) is 1.57. The summed E-state index contributed by atoms with van der Waals surface area (Å²) in [6.45, 7) is 0. The zero-order valence-corrected chi connectivity index (χ0v) is 13.1. The second kappa shape index (κ2) is 5.34. The van der Waals surface area contributed by atoms with Gasteiger partial charge in [-0.15, -0.1) is 28.3 Å². The number of thiazole rings is 1. The van der Waals surface area contributed by atoms with Crippen LogP contribution in [0, 0.1) is 0 Å². The fraction of sp³-hybridized carbons (Fsp3) is 0. The van der Waals surface area contributed by atoms with Crippen molar-refractivity contribution in [3.8, 4) is 16.3 Å². The maximum absolute atomic E-state index is 9.40. The minimum absolute atomic E-state index is 0. The Morgan fingerprint density at radius 2 is 2.00 bits per heavy atom. The Bertz CT molecular complexity index is 699. The Morgan fingerprint density at radius 3 is 2.78 bits per heavy atom. The molecule has 3 aromatic rings. The van der Waals surface area contributed by atoms with Gasteiger partial charge in [-0.1, -0.05) is 15.9 Å². The number of aromatic nitrogens is 2. The van der Waals surface area contributed by atoms with Crippen molar-refractivity contribution in [3.05, 3.63) is 41.1 Å². The lowest BCUT2D eigenvalue weighted by Crippen LogP contribution is -1.78. The van der Waals surface area contributed by atoms with Gasteiger partial charge in [-0.25, -0.2) is 4.98 Å². The molecule has 0 amide bonds. The summed E-state index contributed by atoms with van der Waals surface area (Å²) in [7, 11) is 0. The van der Waals surface area contributed by atoms with Crippen molar-refractivity contribution < 1.29 is 5.11 Å². The average molecular weight is 388 g/mol. The second-order valence-electron chi connectivity index (χ2n) is 3.56. The van der Waals surface area contributed by atoms with Crippen LogP contribution in [0.5, 0.6) is 5.75 Å². The van der Waals surface area contributed by atoms with Crippen LogP contribution in [0.2, 0.25) is 0 Å². The summed E-state index contributed by atoms with van der Waals surface area (Å²) >= 11 is 5.01. The summed E-state index contributed by atoms with van der Waals surface area (Å²) in [6.07, 6.45) is 3.11. The van der Waals surface area contributed by atoms with Gasteiger partial charge in [0.2, 0.25) is 0 Å². The summed E-state index contributed by atoms with van der Waals surface area (Å²) in [4.78, 5) is 8.48. The average Bonchev–Trinajstić information content (AvgIpc) is 2.72. The van der Waals surface area contributed by atoms with Gasteiger partial charge in [0.15, 0.2) is 0 Å². The van der Waals surface area contributed by atoms with Crippen LogP contribution in [0.15, 0.2) is 41.1 Å². The number of benzene rings is 1. The van der Waals surface area contributed by atoms with Crippen LogP contribution in [0.3, 0.4) is 0 Å². The first kappa shape index (κ1) is 13.5. The van der Waals surface area contributed by atoms with E-state index < -0.39 is 0 Å². The number of rotatable bonds is 1. The quantitative estimate of drug-likeness (QED) is 0.672. The predicted octanol–water partition coefficient (Wildman–Crippen LogP) is 4.40. The van der Waals surface area contributed by atoms with Gasteiger partial charge in [0, 0.05) is 16.2 Å². The van der Waals surface area contributed by atoms with E-state index in [-0.39, 0.29) is 22.7 Å². The third-order valence-electron chi connectivity index (χ3n) is 2.32. The summed E-state index contributed by atoms with van der Waals surface area (Å²) in [5.41, 5.74) is 1.78. The van der Waals surface area contributed by atoms with Gasteiger partial charge in [-0.2, -0.15) is 0 Å². The standard InChI is InChI=1S/C12H7BrN2OS.BrH/c13-8-1-2-11-10(4-8)15-12(17-11)7-3-9(16)6-14-5-7;/h1-6,16H;1H. The van der Waals surface area contributed by atoms with E-state index in [1.54, 1.807) is 23.6 Å². The second-order valence-corrected chi connectivity index (χ2v) is 5.51. The highest BCUT2D eigenvalue weighted by atomic mass is 79.9. The van der Waals surface area contributed by atoms with Gasteiger partial charge in [0.05, 0.1) is 16.4 Å². The minimum Gasteiger partial charge on any atom is -0.506 e. The number of aromatic hydroxyl groups is 1. The van der Waals surface area contributed by atoms with Crippen molar-refractivity contribution in [1.29, 1.82) is 0 Å². The number of pyridine rings is 1. The SMILES string of the molecule is Br.Oc1cncc(-c2nc3cc(Br)ccc3s2)c1. The van der Waals surface area contributed by atoms with Crippen LogP contribution < -0.4 is 0 Å². The summed E-state index contributed by atoms with van der Waals surface area (Å²) < 4.78 is 2.13. The number of hydrogen-bond acceptors (Lipinski definition) is 4. The van der Waals surface area contributed by atoms with Crippen molar-refractivity contribution in [3.63, 3.8) is 0 Å². The molecular weight excluding hydrogens is 380 g/mol. The Labute approximate surface area is 126 Å². The molecule has 0 aliphatic rings.